The smallest absolute Gasteiger partial charge is 0.399 e. The van der Waals surface area contributed by atoms with E-state index in [4.69, 9.17) is 9.31 Å². The van der Waals surface area contributed by atoms with Gasteiger partial charge in [-0.05, 0) is 58.1 Å². The molecule has 120 valence electrons. The van der Waals surface area contributed by atoms with Crippen LogP contribution in [0.2, 0.25) is 0 Å². The lowest BCUT2D eigenvalue weighted by Crippen LogP contribution is -2.41. The molecule has 0 spiro atoms. The third kappa shape index (κ3) is 2.83. The van der Waals surface area contributed by atoms with Crippen LogP contribution in [0.1, 0.15) is 71.3 Å². The van der Waals surface area contributed by atoms with Crippen LogP contribution in [0.25, 0.3) is 0 Å². The third-order valence-electron chi connectivity index (χ3n) is 5.60. The summed E-state index contributed by atoms with van der Waals surface area (Å²) in [5, 5.41) is 0. The number of hydrogen-bond acceptors (Lipinski definition) is 2. The van der Waals surface area contributed by atoms with E-state index in [0.29, 0.717) is 11.4 Å². The Morgan fingerprint density at radius 1 is 1.00 bits per heavy atom. The van der Waals surface area contributed by atoms with E-state index in [1.165, 1.54) is 37.7 Å². The van der Waals surface area contributed by atoms with Gasteiger partial charge in [-0.1, -0.05) is 31.4 Å². The van der Waals surface area contributed by atoms with E-state index < -0.39 is 18.3 Å². The van der Waals surface area contributed by atoms with Crippen molar-refractivity contribution in [2.75, 3.05) is 0 Å². The Morgan fingerprint density at radius 3 is 2.18 bits per heavy atom. The van der Waals surface area contributed by atoms with Gasteiger partial charge in [-0.25, -0.2) is 4.39 Å². The predicted molar refractivity (Wildman–Crippen MR) is 87.9 cm³/mol. The summed E-state index contributed by atoms with van der Waals surface area (Å²) in [4.78, 5) is 0. The normalized spacial score (nSPS) is 24.7. The van der Waals surface area contributed by atoms with Crippen molar-refractivity contribution >= 4 is 12.6 Å². The zero-order chi connectivity index (χ0) is 16.0. The summed E-state index contributed by atoms with van der Waals surface area (Å²) in [7, 11) is -0.617. The minimum atomic E-state index is -0.617. The first-order chi connectivity index (χ1) is 10.3. The molecule has 0 aromatic heterocycles. The zero-order valence-electron chi connectivity index (χ0n) is 14.1. The van der Waals surface area contributed by atoms with Crippen LogP contribution in [0.5, 0.6) is 0 Å². The highest BCUT2D eigenvalue weighted by Crippen LogP contribution is 2.37. The van der Waals surface area contributed by atoms with Crippen molar-refractivity contribution in [3.8, 4) is 0 Å². The van der Waals surface area contributed by atoms with Gasteiger partial charge < -0.3 is 9.31 Å². The fraction of sp³-hybridized carbons (Fsp3) is 0.667. The summed E-state index contributed by atoms with van der Waals surface area (Å²) < 4.78 is 26.4. The molecule has 1 saturated carbocycles. The average molecular weight is 304 g/mol. The van der Waals surface area contributed by atoms with Crippen LogP contribution in [0.3, 0.4) is 0 Å². The summed E-state index contributed by atoms with van der Waals surface area (Å²) in [5.41, 5.74) is 0.892. The van der Waals surface area contributed by atoms with Crippen molar-refractivity contribution in [3.05, 3.63) is 29.6 Å². The molecule has 1 aliphatic carbocycles. The largest absolute Gasteiger partial charge is 0.497 e. The second-order valence-electron chi connectivity index (χ2n) is 7.70. The van der Waals surface area contributed by atoms with E-state index in [-0.39, 0.29) is 5.82 Å². The number of halogens is 1. The minimum absolute atomic E-state index is 0.238. The molecule has 4 heteroatoms. The van der Waals surface area contributed by atoms with E-state index >= 15 is 0 Å². The maximum Gasteiger partial charge on any atom is 0.497 e. The minimum Gasteiger partial charge on any atom is -0.399 e. The van der Waals surface area contributed by atoms with Crippen LogP contribution in [0.4, 0.5) is 4.39 Å². The number of hydrogen-bond donors (Lipinski definition) is 0. The second-order valence-corrected chi connectivity index (χ2v) is 7.70. The van der Waals surface area contributed by atoms with Gasteiger partial charge in [-0.3, -0.25) is 0 Å². The van der Waals surface area contributed by atoms with Gasteiger partial charge in [-0.2, -0.15) is 0 Å². The van der Waals surface area contributed by atoms with Gasteiger partial charge in [0, 0.05) is 5.46 Å². The molecule has 2 nitrogen and oxygen atoms in total. The summed E-state index contributed by atoms with van der Waals surface area (Å²) in [6.07, 6.45) is 6.27. The summed E-state index contributed by atoms with van der Waals surface area (Å²) >= 11 is 0. The Morgan fingerprint density at radius 2 is 1.59 bits per heavy atom. The van der Waals surface area contributed by atoms with E-state index in [9.17, 15) is 4.39 Å². The molecule has 0 N–H and O–H groups in total. The maximum absolute atomic E-state index is 14.3. The Balaban J connectivity index is 1.88. The first-order valence-electron chi connectivity index (χ1n) is 8.45. The lowest BCUT2D eigenvalue weighted by atomic mass is 9.75. The summed E-state index contributed by atoms with van der Waals surface area (Å²) in [5.74, 6) is 0.314. The molecule has 1 saturated heterocycles. The highest BCUT2D eigenvalue weighted by Gasteiger charge is 2.52. The Hall–Kier alpha value is -0.865. The van der Waals surface area contributed by atoms with Crippen LogP contribution in [0.15, 0.2) is 18.2 Å². The van der Waals surface area contributed by atoms with Crippen molar-refractivity contribution < 1.29 is 13.7 Å². The van der Waals surface area contributed by atoms with Gasteiger partial charge in [0.15, 0.2) is 0 Å². The van der Waals surface area contributed by atoms with Gasteiger partial charge in [0.25, 0.3) is 0 Å². The summed E-state index contributed by atoms with van der Waals surface area (Å²) in [6, 6.07) is 5.47. The van der Waals surface area contributed by atoms with Gasteiger partial charge in [-0.15, -0.1) is 0 Å². The van der Waals surface area contributed by atoms with Gasteiger partial charge in [0.1, 0.15) is 5.82 Å². The Labute approximate surface area is 133 Å². The highest BCUT2D eigenvalue weighted by molar-refractivity contribution is 6.62. The first-order valence-corrected chi connectivity index (χ1v) is 8.45. The Bertz CT molecular complexity index is 534. The molecule has 2 aliphatic rings. The molecule has 22 heavy (non-hydrogen) atoms. The molecule has 1 heterocycles. The van der Waals surface area contributed by atoms with Crippen molar-refractivity contribution in [2.24, 2.45) is 0 Å². The molecular weight excluding hydrogens is 278 g/mol. The fourth-order valence-corrected chi connectivity index (χ4v) is 3.40. The van der Waals surface area contributed by atoms with Crippen molar-refractivity contribution in [1.82, 2.24) is 0 Å². The molecule has 0 amide bonds. The fourth-order valence-electron chi connectivity index (χ4n) is 3.40. The molecule has 2 fully saturated rings. The van der Waals surface area contributed by atoms with Crippen LogP contribution >= 0.6 is 0 Å². The second kappa shape index (κ2) is 5.65. The quantitative estimate of drug-likeness (QED) is 0.763. The van der Waals surface area contributed by atoms with Gasteiger partial charge in [0.2, 0.25) is 0 Å². The average Bonchev–Trinajstić information content (AvgIpc) is 2.69. The maximum atomic E-state index is 14.3. The number of benzene rings is 1. The van der Waals surface area contributed by atoms with E-state index in [1.807, 2.05) is 39.8 Å². The molecule has 0 atom stereocenters. The molecule has 1 aromatic rings. The lowest BCUT2D eigenvalue weighted by molar-refractivity contribution is 0.00578. The van der Waals surface area contributed by atoms with Crippen molar-refractivity contribution in [1.29, 1.82) is 0 Å². The zero-order valence-corrected chi connectivity index (χ0v) is 14.1. The van der Waals surface area contributed by atoms with Crippen LogP contribution in [0, 0.1) is 5.82 Å². The van der Waals surface area contributed by atoms with Gasteiger partial charge >= 0.3 is 7.12 Å². The topological polar surface area (TPSA) is 18.5 Å². The number of rotatable bonds is 2. The van der Waals surface area contributed by atoms with E-state index in [2.05, 4.69) is 0 Å². The standard InChI is InChI=1S/C18H26BFO2/c1-17(2)18(3,4)22-19(21-17)15-12-14(10-11-16(15)20)13-8-6-5-7-9-13/h10-13H,5-9H2,1-4H3. The molecular formula is C18H26BFO2. The van der Waals surface area contributed by atoms with E-state index in [1.54, 1.807) is 6.07 Å². The molecule has 1 aromatic carbocycles. The van der Waals surface area contributed by atoms with Crippen LogP contribution in [-0.4, -0.2) is 18.3 Å². The SMILES string of the molecule is CC1(C)OB(c2cc(C3CCCCC3)ccc2F)OC1(C)C. The third-order valence-corrected chi connectivity index (χ3v) is 5.60. The highest BCUT2D eigenvalue weighted by atomic mass is 19.1. The lowest BCUT2D eigenvalue weighted by Gasteiger charge is -2.32. The Kier molecular flexibility index (Phi) is 4.11. The van der Waals surface area contributed by atoms with Gasteiger partial charge in [0.05, 0.1) is 11.2 Å². The molecule has 3 rings (SSSR count). The van der Waals surface area contributed by atoms with Crippen molar-refractivity contribution in [3.63, 3.8) is 0 Å². The monoisotopic (exact) mass is 304 g/mol. The van der Waals surface area contributed by atoms with Crippen LogP contribution in [-0.2, 0) is 9.31 Å². The van der Waals surface area contributed by atoms with E-state index in [0.717, 1.165) is 0 Å². The summed E-state index contributed by atoms with van der Waals surface area (Å²) in [6.45, 7) is 7.98. The molecule has 0 unspecified atom stereocenters. The first kappa shape index (κ1) is 16.0. The van der Waals surface area contributed by atoms with Crippen molar-refractivity contribution in [2.45, 2.75) is 76.9 Å². The van der Waals surface area contributed by atoms with Crippen LogP contribution < -0.4 is 5.46 Å². The predicted octanol–water partition coefficient (Wildman–Crippen LogP) is 4.17. The molecule has 0 bridgehead atoms. The molecule has 1 aliphatic heterocycles. The molecule has 0 radical (unpaired) electrons.